The molecule has 1 aliphatic heterocycles. The molecule has 4 rings (SSSR count). The number of rotatable bonds is 3. The Hall–Kier alpha value is -3.06. The standard InChI is InChI=1S/C22H21F2N3O2/c1-12-3-4-17-21(13(12)2)26-19-5-6-27(10-18(19)22(17)29)11-20(28)25-16-8-14(23)7-15(24)9-16/h3-4,7-9H,5-6,10-11H2,1-2H3,(H,25,28)(H,26,29). The number of halogens is 2. The Morgan fingerprint density at radius 2 is 1.90 bits per heavy atom. The van der Waals surface area contributed by atoms with Crippen molar-refractivity contribution in [3.05, 3.63) is 74.6 Å². The SMILES string of the molecule is Cc1ccc2c(=O)c3c([nH]c2c1C)CCN(CC(=O)Nc1cc(F)cc(F)c1)C3. The van der Waals surface area contributed by atoms with Gasteiger partial charge in [0.25, 0.3) is 0 Å². The lowest BCUT2D eigenvalue weighted by atomic mass is 9.99. The number of carbonyl (C=O) groups is 1. The number of anilines is 1. The molecule has 0 saturated carbocycles. The molecular weight excluding hydrogens is 376 g/mol. The van der Waals surface area contributed by atoms with Gasteiger partial charge < -0.3 is 10.3 Å². The third-order valence-electron chi connectivity index (χ3n) is 5.47. The average Bonchev–Trinajstić information content (AvgIpc) is 2.65. The molecule has 1 aromatic heterocycles. The highest BCUT2D eigenvalue weighted by molar-refractivity contribution is 5.92. The molecule has 0 spiro atoms. The zero-order valence-corrected chi connectivity index (χ0v) is 16.2. The van der Waals surface area contributed by atoms with E-state index in [1.165, 1.54) is 0 Å². The number of amides is 1. The predicted molar refractivity (Wildman–Crippen MR) is 108 cm³/mol. The second-order valence-electron chi connectivity index (χ2n) is 7.51. The summed E-state index contributed by atoms with van der Waals surface area (Å²) in [5, 5.41) is 3.15. The smallest absolute Gasteiger partial charge is 0.238 e. The molecule has 29 heavy (non-hydrogen) atoms. The van der Waals surface area contributed by atoms with Crippen molar-refractivity contribution in [1.29, 1.82) is 0 Å². The summed E-state index contributed by atoms with van der Waals surface area (Å²) in [5.41, 5.74) is 4.67. The summed E-state index contributed by atoms with van der Waals surface area (Å²) in [6.45, 7) is 4.98. The van der Waals surface area contributed by atoms with E-state index in [0.29, 0.717) is 30.5 Å². The molecule has 2 heterocycles. The number of pyridine rings is 1. The van der Waals surface area contributed by atoms with Crippen molar-refractivity contribution in [2.45, 2.75) is 26.8 Å². The number of aromatic nitrogens is 1. The number of H-pyrrole nitrogens is 1. The molecule has 1 aliphatic rings. The molecule has 0 fully saturated rings. The summed E-state index contributed by atoms with van der Waals surface area (Å²) < 4.78 is 26.6. The zero-order chi connectivity index (χ0) is 20.7. The fourth-order valence-corrected chi connectivity index (χ4v) is 3.81. The van der Waals surface area contributed by atoms with E-state index in [1.807, 2.05) is 30.9 Å². The molecule has 1 amide bonds. The highest BCUT2D eigenvalue weighted by Gasteiger charge is 2.23. The first-order valence-electron chi connectivity index (χ1n) is 9.44. The van der Waals surface area contributed by atoms with Crippen LogP contribution in [-0.2, 0) is 17.8 Å². The first-order chi connectivity index (χ1) is 13.8. The Bertz CT molecular complexity index is 1170. The molecule has 0 aliphatic carbocycles. The quantitative estimate of drug-likeness (QED) is 0.712. The van der Waals surface area contributed by atoms with Gasteiger partial charge in [-0.1, -0.05) is 6.07 Å². The van der Waals surface area contributed by atoms with E-state index in [0.717, 1.165) is 40.5 Å². The molecular formula is C22H21F2N3O2. The van der Waals surface area contributed by atoms with Crippen LogP contribution in [0.1, 0.15) is 22.4 Å². The molecule has 2 N–H and O–H groups in total. The van der Waals surface area contributed by atoms with Gasteiger partial charge in [0.2, 0.25) is 5.91 Å². The van der Waals surface area contributed by atoms with Gasteiger partial charge in [-0.15, -0.1) is 0 Å². The van der Waals surface area contributed by atoms with E-state index >= 15 is 0 Å². The van der Waals surface area contributed by atoms with E-state index in [9.17, 15) is 18.4 Å². The van der Waals surface area contributed by atoms with Crippen LogP contribution in [0.2, 0.25) is 0 Å². The van der Waals surface area contributed by atoms with E-state index < -0.39 is 11.6 Å². The number of aromatic amines is 1. The van der Waals surface area contributed by atoms with Crippen LogP contribution in [0.25, 0.3) is 10.9 Å². The minimum Gasteiger partial charge on any atom is -0.358 e. The summed E-state index contributed by atoms with van der Waals surface area (Å²) in [6, 6.07) is 6.64. The maximum absolute atomic E-state index is 13.3. The summed E-state index contributed by atoms with van der Waals surface area (Å²) in [7, 11) is 0. The molecule has 3 aromatic rings. The average molecular weight is 397 g/mol. The molecule has 150 valence electrons. The Morgan fingerprint density at radius 3 is 2.62 bits per heavy atom. The van der Waals surface area contributed by atoms with Gasteiger partial charge in [-0.2, -0.15) is 0 Å². The lowest BCUT2D eigenvalue weighted by Gasteiger charge is -2.28. The number of fused-ring (bicyclic) bond motifs is 2. The maximum Gasteiger partial charge on any atom is 0.238 e. The maximum atomic E-state index is 13.3. The molecule has 0 atom stereocenters. The third kappa shape index (κ3) is 3.78. The van der Waals surface area contributed by atoms with Crippen molar-refractivity contribution in [3.63, 3.8) is 0 Å². The minimum atomic E-state index is -0.754. The van der Waals surface area contributed by atoms with E-state index in [2.05, 4.69) is 10.3 Å². The summed E-state index contributed by atoms with van der Waals surface area (Å²) in [6.07, 6.45) is 0.621. The van der Waals surface area contributed by atoms with Crippen LogP contribution in [0.15, 0.2) is 35.1 Å². The number of aryl methyl sites for hydroxylation is 2. The van der Waals surface area contributed by atoms with Crippen molar-refractivity contribution >= 4 is 22.5 Å². The van der Waals surface area contributed by atoms with E-state index in [4.69, 9.17) is 0 Å². The van der Waals surface area contributed by atoms with Gasteiger partial charge in [-0.3, -0.25) is 14.5 Å². The summed E-state index contributed by atoms with van der Waals surface area (Å²) in [4.78, 5) is 30.6. The normalized spacial score (nSPS) is 14.1. The number of hydrogen-bond donors (Lipinski definition) is 2. The van der Waals surface area contributed by atoms with Crippen molar-refractivity contribution < 1.29 is 13.6 Å². The summed E-state index contributed by atoms with van der Waals surface area (Å²) in [5.74, 6) is -1.89. The zero-order valence-electron chi connectivity index (χ0n) is 16.2. The first kappa shape index (κ1) is 19.3. The van der Waals surface area contributed by atoms with Crippen LogP contribution in [-0.4, -0.2) is 28.9 Å². The second kappa shape index (κ2) is 7.40. The van der Waals surface area contributed by atoms with Crippen LogP contribution in [0, 0.1) is 25.5 Å². The Balaban J connectivity index is 1.54. The summed E-state index contributed by atoms with van der Waals surface area (Å²) >= 11 is 0. The van der Waals surface area contributed by atoms with Gasteiger partial charge in [0.15, 0.2) is 5.43 Å². The number of hydrogen-bond acceptors (Lipinski definition) is 3. The van der Waals surface area contributed by atoms with Crippen LogP contribution >= 0.6 is 0 Å². The molecule has 5 nitrogen and oxygen atoms in total. The van der Waals surface area contributed by atoms with Crippen LogP contribution in [0.4, 0.5) is 14.5 Å². The molecule has 0 bridgehead atoms. The predicted octanol–water partition coefficient (Wildman–Crippen LogP) is 3.42. The molecule has 0 saturated heterocycles. The van der Waals surface area contributed by atoms with Gasteiger partial charge in [0.1, 0.15) is 11.6 Å². The topological polar surface area (TPSA) is 65.2 Å². The third-order valence-corrected chi connectivity index (χ3v) is 5.47. The van der Waals surface area contributed by atoms with E-state index in [1.54, 1.807) is 0 Å². The number of carbonyl (C=O) groups excluding carboxylic acids is 1. The fourth-order valence-electron chi connectivity index (χ4n) is 3.81. The Labute approximate surface area is 166 Å². The first-order valence-corrected chi connectivity index (χ1v) is 9.44. The van der Waals surface area contributed by atoms with Crippen LogP contribution in [0.5, 0.6) is 0 Å². The number of nitrogens with zero attached hydrogens (tertiary/aromatic N) is 1. The lowest BCUT2D eigenvalue weighted by molar-refractivity contribution is -0.117. The number of benzene rings is 2. The minimum absolute atomic E-state index is 0.0193. The fraction of sp³-hybridized carbons (Fsp3) is 0.273. The van der Waals surface area contributed by atoms with Gasteiger partial charge in [0.05, 0.1) is 12.1 Å². The Morgan fingerprint density at radius 1 is 1.17 bits per heavy atom. The van der Waals surface area contributed by atoms with Crippen LogP contribution in [0.3, 0.4) is 0 Å². The van der Waals surface area contributed by atoms with Crippen LogP contribution < -0.4 is 10.7 Å². The molecule has 7 heteroatoms. The molecule has 2 aromatic carbocycles. The van der Waals surface area contributed by atoms with Crippen molar-refractivity contribution in [2.24, 2.45) is 0 Å². The second-order valence-corrected chi connectivity index (χ2v) is 7.51. The monoisotopic (exact) mass is 397 g/mol. The van der Waals surface area contributed by atoms with Crippen molar-refractivity contribution in [1.82, 2.24) is 9.88 Å². The lowest BCUT2D eigenvalue weighted by Crippen LogP contribution is -2.39. The van der Waals surface area contributed by atoms with Crippen molar-refractivity contribution in [3.8, 4) is 0 Å². The number of nitrogens with one attached hydrogen (secondary N) is 2. The van der Waals surface area contributed by atoms with Gasteiger partial charge in [-0.25, -0.2) is 8.78 Å². The molecule has 0 radical (unpaired) electrons. The highest BCUT2D eigenvalue weighted by atomic mass is 19.1. The van der Waals surface area contributed by atoms with Gasteiger partial charge in [-0.05, 0) is 43.2 Å². The Kier molecular flexibility index (Phi) is 4.92. The van der Waals surface area contributed by atoms with Gasteiger partial charge >= 0.3 is 0 Å². The van der Waals surface area contributed by atoms with E-state index in [-0.39, 0.29) is 23.6 Å². The van der Waals surface area contributed by atoms with Gasteiger partial charge in [0, 0.05) is 47.9 Å². The highest BCUT2D eigenvalue weighted by Crippen LogP contribution is 2.22. The molecule has 0 unspecified atom stereocenters. The van der Waals surface area contributed by atoms with Crippen molar-refractivity contribution in [2.75, 3.05) is 18.4 Å². The largest absolute Gasteiger partial charge is 0.358 e.